The maximum atomic E-state index is 6.90. The lowest BCUT2D eigenvalue weighted by atomic mass is 9.72. The summed E-state index contributed by atoms with van der Waals surface area (Å²) in [6, 6.07) is 0. The molecule has 4 atom stereocenters. The van der Waals surface area contributed by atoms with Crippen LogP contribution in [0.25, 0.3) is 0 Å². The molecule has 1 aliphatic heterocycles. The topological polar surface area (TPSA) is 12.5 Å². The summed E-state index contributed by atoms with van der Waals surface area (Å²) >= 11 is 0. The number of ether oxygens (including phenoxy) is 1. The van der Waals surface area contributed by atoms with Gasteiger partial charge < -0.3 is 4.74 Å². The van der Waals surface area contributed by atoms with Crippen LogP contribution in [-0.2, 0) is 4.74 Å². The van der Waals surface area contributed by atoms with Crippen LogP contribution < -0.4 is 0 Å². The van der Waals surface area contributed by atoms with E-state index < -0.39 is 0 Å². The van der Waals surface area contributed by atoms with Crippen LogP contribution in [0.4, 0.5) is 0 Å². The van der Waals surface area contributed by atoms with Crippen LogP contribution >= 0.6 is 0 Å². The fraction of sp³-hybridized carbons (Fsp3) is 1.00. The Hall–Kier alpha value is -0.0400. The molecule has 0 spiro atoms. The summed E-state index contributed by atoms with van der Waals surface area (Å²) in [5.74, 6) is 2.50. The largest absolute Gasteiger partial charge is 0.365 e. The molecule has 2 rings (SSSR count). The first kappa shape index (κ1) is 31.2. The molecule has 0 aromatic rings. The predicted molar refractivity (Wildman–Crippen MR) is 156 cm³/mol. The van der Waals surface area contributed by atoms with Crippen molar-refractivity contribution in [3.05, 3.63) is 0 Å². The van der Waals surface area contributed by atoms with Gasteiger partial charge in [0, 0.05) is 0 Å². The highest BCUT2D eigenvalue weighted by Gasteiger charge is 2.62. The van der Waals surface area contributed by atoms with Crippen LogP contribution in [0.15, 0.2) is 0 Å². The molecule has 35 heavy (non-hydrogen) atoms. The van der Waals surface area contributed by atoms with Crippen LogP contribution in [0.1, 0.15) is 188 Å². The standard InChI is InChI=1S/C34H66O/c1-5-8-10-11-14-17-20-24-30(4)34(32(23-7-3)27-9-6-2)33(35-34)29-28-31-25-21-18-15-12-13-16-19-22-26-31/h30-33H,5-29H2,1-4H3/t30?,32-,33?,34?/m1/s1. The van der Waals surface area contributed by atoms with E-state index in [2.05, 4.69) is 27.7 Å². The van der Waals surface area contributed by atoms with Crippen molar-refractivity contribution in [3.8, 4) is 0 Å². The summed E-state index contributed by atoms with van der Waals surface area (Å²) in [5, 5.41) is 0. The molecule has 0 aromatic heterocycles. The van der Waals surface area contributed by atoms with Crippen molar-refractivity contribution < 1.29 is 4.74 Å². The highest BCUT2D eigenvalue weighted by atomic mass is 16.6. The van der Waals surface area contributed by atoms with E-state index in [9.17, 15) is 0 Å². The van der Waals surface area contributed by atoms with E-state index in [1.165, 1.54) is 161 Å². The van der Waals surface area contributed by atoms with E-state index in [0.29, 0.717) is 6.10 Å². The third-order valence-corrected chi connectivity index (χ3v) is 9.80. The second kappa shape index (κ2) is 19.1. The third kappa shape index (κ3) is 11.5. The first-order valence-corrected chi connectivity index (χ1v) is 16.9. The lowest BCUT2D eigenvalue weighted by molar-refractivity contribution is 0.127. The molecule has 2 fully saturated rings. The number of rotatable bonds is 18. The molecular formula is C34H66O. The lowest BCUT2D eigenvalue weighted by Crippen LogP contribution is -2.35. The molecule has 1 saturated carbocycles. The molecule has 0 radical (unpaired) electrons. The van der Waals surface area contributed by atoms with Crippen molar-refractivity contribution in [1.29, 1.82) is 0 Å². The Morgan fingerprint density at radius 3 is 1.77 bits per heavy atom. The fourth-order valence-corrected chi connectivity index (χ4v) is 7.47. The molecule has 3 unspecified atom stereocenters. The van der Waals surface area contributed by atoms with Gasteiger partial charge in [0.15, 0.2) is 0 Å². The average molecular weight is 491 g/mol. The van der Waals surface area contributed by atoms with Crippen LogP contribution in [0.2, 0.25) is 0 Å². The van der Waals surface area contributed by atoms with Crippen molar-refractivity contribution in [2.75, 3.05) is 0 Å². The molecule has 208 valence electrons. The van der Waals surface area contributed by atoms with Crippen LogP contribution in [0.5, 0.6) is 0 Å². The Balaban J connectivity index is 1.90. The van der Waals surface area contributed by atoms with Crippen molar-refractivity contribution in [2.45, 2.75) is 200 Å². The molecule has 0 aromatic carbocycles. The molecule has 1 saturated heterocycles. The summed E-state index contributed by atoms with van der Waals surface area (Å²) < 4.78 is 6.90. The molecule has 1 heterocycles. The third-order valence-electron chi connectivity index (χ3n) is 9.80. The van der Waals surface area contributed by atoms with Gasteiger partial charge >= 0.3 is 0 Å². The van der Waals surface area contributed by atoms with E-state index >= 15 is 0 Å². The molecular weight excluding hydrogens is 424 g/mol. The maximum Gasteiger partial charge on any atom is 0.100 e. The first-order chi connectivity index (χ1) is 17.2. The van der Waals surface area contributed by atoms with E-state index in [-0.39, 0.29) is 5.60 Å². The molecule has 1 nitrogen and oxygen atoms in total. The minimum Gasteiger partial charge on any atom is -0.365 e. The monoisotopic (exact) mass is 491 g/mol. The van der Waals surface area contributed by atoms with Gasteiger partial charge in [0.2, 0.25) is 0 Å². The van der Waals surface area contributed by atoms with Gasteiger partial charge in [-0.25, -0.2) is 0 Å². The predicted octanol–water partition coefficient (Wildman–Crippen LogP) is 11.8. The Morgan fingerprint density at radius 1 is 0.600 bits per heavy atom. The maximum absolute atomic E-state index is 6.90. The summed E-state index contributed by atoms with van der Waals surface area (Å²) in [6.45, 7) is 9.65. The average Bonchev–Trinajstić information content (AvgIpc) is 3.60. The molecule has 1 aliphatic carbocycles. The number of unbranched alkanes of at least 4 members (excludes halogenated alkanes) is 7. The minimum atomic E-state index is 0.223. The summed E-state index contributed by atoms with van der Waals surface area (Å²) in [7, 11) is 0. The molecule has 0 N–H and O–H groups in total. The Bertz CT molecular complexity index is 475. The van der Waals surface area contributed by atoms with Crippen LogP contribution in [0.3, 0.4) is 0 Å². The first-order valence-electron chi connectivity index (χ1n) is 16.9. The Kier molecular flexibility index (Phi) is 17.0. The van der Waals surface area contributed by atoms with Gasteiger partial charge in [0.05, 0.1) is 6.10 Å². The van der Waals surface area contributed by atoms with Gasteiger partial charge in [-0.1, -0.05) is 156 Å². The van der Waals surface area contributed by atoms with Crippen molar-refractivity contribution in [2.24, 2.45) is 17.8 Å². The van der Waals surface area contributed by atoms with E-state index in [0.717, 1.165) is 17.8 Å². The Morgan fingerprint density at radius 2 is 1.17 bits per heavy atom. The van der Waals surface area contributed by atoms with Gasteiger partial charge in [0.1, 0.15) is 5.60 Å². The highest BCUT2D eigenvalue weighted by molar-refractivity contribution is 5.09. The zero-order valence-corrected chi connectivity index (χ0v) is 24.9. The normalized spacial score (nSPS) is 26.2. The number of hydrogen-bond acceptors (Lipinski definition) is 1. The smallest absolute Gasteiger partial charge is 0.100 e. The van der Waals surface area contributed by atoms with Gasteiger partial charge in [-0.3, -0.25) is 0 Å². The number of epoxide rings is 1. The molecule has 0 amide bonds. The number of hydrogen-bond donors (Lipinski definition) is 0. The second-order valence-electron chi connectivity index (χ2n) is 12.7. The van der Waals surface area contributed by atoms with Crippen molar-refractivity contribution in [3.63, 3.8) is 0 Å². The van der Waals surface area contributed by atoms with E-state index in [4.69, 9.17) is 4.74 Å². The Labute approximate surface area is 222 Å². The van der Waals surface area contributed by atoms with Crippen molar-refractivity contribution in [1.82, 2.24) is 0 Å². The van der Waals surface area contributed by atoms with Crippen LogP contribution in [-0.4, -0.2) is 11.7 Å². The lowest BCUT2D eigenvalue weighted by Gasteiger charge is -2.31. The summed E-state index contributed by atoms with van der Waals surface area (Å²) in [5.41, 5.74) is 0.223. The van der Waals surface area contributed by atoms with E-state index in [1.54, 1.807) is 0 Å². The summed E-state index contributed by atoms with van der Waals surface area (Å²) in [4.78, 5) is 0. The fourth-order valence-electron chi connectivity index (χ4n) is 7.47. The highest BCUT2D eigenvalue weighted by Crippen LogP contribution is 2.55. The molecule has 2 aliphatic rings. The molecule has 0 bridgehead atoms. The van der Waals surface area contributed by atoms with Gasteiger partial charge in [-0.2, -0.15) is 0 Å². The zero-order chi connectivity index (χ0) is 25.2. The van der Waals surface area contributed by atoms with Crippen LogP contribution in [0, 0.1) is 17.8 Å². The van der Waals surface area contributed by atoms with Gasteiger partial charge in [0.25, 0.3) is 0 Å². The SMILES string of the molecule is CCCCCCCCCC(C)C1([C@H](CCC)CCCC)OC1CCC1CCCCCCCCCC1. The minimum absolute atomic E-state index is 0.223. The zero-order valence-electron chi connectivity index (χ0n) is 24.9. The van der Waals surface area contributed by atoms with E-state index in [1.807, 2.05) is 0 Å². The van der Waals surface area contributed by atoms with Gasteiger partial charge in [-0.15, -0.1) is 0 Å². The van der Waals surface area contributed by atoms with Crippen molar-refractivity contribution >= 4 is 0 Å². The second-order valence-corrected chi connectivity index (χ2v) is 12.7. The summed E-state index contributed by atoms with van der Waals surface area (Å²) in [6.07, 6.45) is 36.3. The molecule has 1 heteroatoms. The quantitative estimate of drug-likeness (QED) is 0.137. The van der Waals surface area contributed by atoms with Gasteiger partial charge in [-0.05, 0) is 49.9 Å².